The van der Waals surface area contributed by atoms with Crippen molar-refractivity contribution in [2.75, 3.05) is 24.6 Å². The van der Waals surface area contributed by atoms with E-state index >= 15 is 0 Å². The number of aliphatic hydroxyl groups is 1. The Labute approximate surface area is 95.7 Å². The summed E-state index contributed by atoms with van der Waals surface area (Å²) in [7, 11) is 0. The van der Waals surface area contributed by atoms with Gasteiger partial charge in [0.2, 0.25) is 0 Å². The average molecular weight is 226 g/mol. The van der Waals surface area contributed by atoms with Crippen molar-refractivity contribution in [2.45, 2.75) is 19.9 Å². The van der Waals surface area contributed by atoms with Gasteiger partial charge >= 0.3 is 0 Å². The minimum atomic E-state index is -0.273. The van der Waals surface area contributed by atoms with Crippen LogP contribution in [0.25, 0.3) is 0 Å². The summed E-state index contributed by atoms with van der Waals surface area (Å²) in [5.41, 5.74) is 6.76. The fourth-order valence-corrected chi connectivity index (χ4v) is 1.68. The Morgan fingerprint density at radius 1 is 1.38 bits per heavy atom. The van der Waals surface area contributed by atoms with Crippen molar-refractivity contribution in [1.29, 1.82) is 0 Å². The smallest absolute Gasteiger partial charge is 0.146 e. The standard InChI is InChI=1S/C12H19FN2O/c1-2-5-15(6-7-16)12-4-3-10(9-14)8-11(12)13/h3-4,8,16H,2,5-7,9,14H2,1H3. The van der Waals surface area contributed by atoms with Gasteiger partial charge in [-0.1, -0.05) is 13.0 Å². The molecule has 0 fully saturated rings. The van der Waals surface area contributed by atoms with Crippen molar-refractivity contribution in [1.82, 2.24) is 0 Å². The molecular weight excluding hydrogens is 207 g/mol. The third kappa shape index (κ3) is 3.18. The van der Waals surface area contributed by atoms with E-state index in [9.17, 15) is 4.39 Å². The Kier molecular flexibility index (Phi) is 5.22. The first-order valence-corrected chi connectivity index (χ1v) is 5.57. The molecule has 0 heterocycles. The number of anilines is 1. The molecule has 0 aliphatic rings. The van der Waals surface area contributed by atoms with Gasteiger partial charge in [0, 0.05) is 19.6 Å². The van der Waals surface area contributed by atoms with E-state index in [0.717, 1.165) is 18.5 Å². The van der Waals surface area contributed by atoms with Gasteiger partial charge in [-0.05, 0) is 24.1 Å². The van der Waals surface area contributed by atoms with Crippen molar-refractivity contribution in [2.24, 2.45) is 5.73 Å². The second kappa shape index (κ2) is 6.45. The fraction of sp³-hybridized carbons (Fsp3) is 0.500. The topological polar surface area (TPSA) is 49.5 Å². The molecule has 0 radical (unpaired) electrons. The second-order valence-corrected chi connectivity index (χ2v) is 3.70. The molecule has 1 aromatic carbocycles. The Bertz CT molecular complexity index is 325. The summed E-state index contributed by atoms with van der Waals surface area (Å²) in [5.74, 6) is -0.273. The highest BCUT2D eigenvalue weighted by atomic mass is 19.1. The number of nitrogens with two attached hydrogens (primary N) is 1. The van der Waals surface area contributed by atoms with Gasteiger partial charge in [0.25, 0.3) is 0 Å². The van der Waals surface area contributed by atoms with E-state index in [-0.39, 0.29) is 12.4 Å². The average Bonchev–Trinajstić information content (AvgIpc) is 2.29. The largest absolute Gasteiger partial charge is 0.395 e. The van der Waals surface area contributed by atoms with E-state index < -0.39 is 0 Å². The van der Waals surface area contributed by atoms with E-state index in [0.29, 0.717) is 18.8 Å². The molecule has 0 bridgehead atoms. The van der Waals surface area contributed by atoms with Crippen LogP contribution in [0.5, 0.6) is 0 Å². The van der Waals surface area contributed by atoms with Crippen LogP contribution in [0.1, 0.15) is 18.9 Å². The van der Waals surface area contributed by atoms with Gasteiger partial charge in [0.1, 0.15) is 5.82 Å². The quantitative estimate of drug-likeness (QED) is 0.772. The molecule has 0 atom stereocenters. The number of halogens is 1. The molecule has 3 nitrogen and oxygen atoms in total. The maximum absolute atomic E-state index is 13.8. The fourth-order valence-electron chi connectivity index (χ4n) is 1.68. The highest BCUT2D eigenvalue weighted by molar-refractivity contribution is 5.49. The van der Waals surface area contributed by atoms with Crippen molar-refractivity contribution in [3.8, 4) is 0 Å². The Morgan fingerprint density at radius 3 is 2.62 bits per heavy atom. The van der Waals surface area contributed by atoms with E-state index in [4.69, 9.17) is 10.8 Å². The van der Waals surface area contributed by atoms with Crippen LogP contribution >= 0.6 is 0 Å². The van der Waals surface area contributed by atoms with Crippen molar-refractivity contribution in [3.63, 3.8) is 0 Å². The number of nitrogens with zero attached hydrogens (tertiary/aromatic N) is 1. The van der Waals surface area contributed by atoms with Crippen molar-refractivity contribution in [3.05, 3.63) is 29.6 Å². The lowest BCUT2D eigenvalue weighted by Gasteiger charge is -2.24. The normalized spacial score (nSPS) is 10.5. The molecular formula is C12H19FN2O. The lowest BCUT2D eigenvalue weighted by atomic mass is 10.2. The van der Waals surface area contributed by atoms with Crippen LogP contribution in [-0.2, 0) is 6.54 Å². The van der Waals surface area contributed by atoms with Crippen LogP contribution < -0.4 is 10.6 Å². The zero-order valence-corrected chi connectivity index (χ0v) is 9.62. The summed E-state index contributed by atoms with van der Waals surface area (Å²) in [6, 6.07) is 5.00. The SMILES string of the molecule is CCCN(CCO)c1ccc(CN)cc1F. The molecule has 1 rings (SSSR count). The number of rotatable bonds is 6. The van der Waals surface area contributed by atoms with Gasteiger partial charge in [-0.25, -0.2) is 4.39 Å². The molecule has 0 aliphatic carbocycles. The Balaban J connectivity index is 2.90. The minimum Gasteiger partial charge on any atom is -0.395 e. The third-order valence-corrected chi connectivity index (χ3v) is 2.45. The van der Waals surface area contributed by atoms with Crippen LogP contribution in [-0.4, -0.2) is 24.8 Å². The molecule has 0 aromatic heterocycles. The van der Waals surface area contributed by atoms with Crippen LogP contribution in [0.15, 0.2) is 18.2 Å². The van der Waals surface area contributed by atoms with Gasteiger partial charge in [-0.3, -0.25) is 0 Å². The molecule has 0 aliphatic heterocycles. The molecule has 0 spiro atoms. The first kappa shape index (κ1) is 12.9. The molecule has 0 saturated carbocycles. The highest BCUT2D eigenvalue weighted by Crippen LogP contribution is 2.20. The number of hydrogen-bond acceptors (Lipinski definition) is 3. The summed E-state index contributed by atoms with van der Waals surface area (Å²) in [6.45, 7) is 3.58. The van der Waals surface area contributed by atoms with E-state index in [1.807, 2.05) is 17.9 Å². The van der Waals surface area contributed by atoms with E-state index in [2.05, 4.69) is 0 Å². The molecule has 4 heteroatoms. The zero-order chi connectivity index (χ0) is 12.0. The predicted octanol–water partition coefficient (Wildman–Crippen LogP) is 1.49. The monoisotopic (exact) mass is 226 g/mol. The maximum Gasteiger partial charge on any atom is 0.146 e. The summed E-state index contributed by atoms with van der Waals surface area (Å²) < 4.78 is 13.8. The van der Waals surface area contributed by atoms with Crippen LogP contribution in [0.2, 0.25) is 0 Å². The van der Waals surface area contributed by atoms with E-state index in [1.54, 1.807) is 6.07 Å². The van der Waals surface area contributed by atoms with Crippen molar-refractivity contribution < 1.29 is 9.50 Å². The van der Waals surface area contributed by atoms with Gasteiger partial charge in [-0.15, -0.1) is 0 Å². The maximum atomic E-state index is 13.8. The predicted molar refractivity (Wildman–Crippen MR) is 63.9 cm³/mol. The first-order valence-electron chi connectivity index (χ1n) is 5.57. The first-order chi connectivity index (χ1) is 7.72. The molecule has 3 N–H and O–H groups in total. The lowest BCUT2D eigenvalue weighted by Crippen LogP contribution is -2.28. The summed E-state index contributed by atoms with van der Waals surface area (Å²) in [4.78, 5) is 1.84. The minimum absolute atomic E-state index is 0.0259. The second-order valence-electron chi connectivity index (χ2n) is 3.70. The van der Waals surface area contributed by atoms with E-state index in [1.165, 1.54) is 6.07 Å². The molecule has 0 saturated heterocycles. The number of benzene rings is 1. The lowest BCUT2D eigenvalue weighted by molar-refractivity contribution is 0.301. The third-order valence-electron chi connectivity index (χ3n) is 2.45. The summed E-state index contributed by atoms with van der Waals surface area (Å²) in [6.07, 6.45) is 0.915. The molecule has 0 unspecified atom stereocenters. The highest BCUT2D eigenvalue weighted by Gasteiger charge is 2.10. The summed E-state index contributed by atoms with van der Waals surface area (Å²) in [5, 5.41) is 8.93. The van der Waals surface area contributed by atoms with Gasteiger partial charge < -0.3 is 15.7 Å². The van der Waals surface area contributed by atoms with Gasteiger partial charge in [0.15, 0.2) is 0 Å². The van der Waals surface area contributed by atoms with Gasteiger partial charge in [-0.2, -0.15) is 0 Å². The Hall–Kier alpha value is -1.13. The van der Waals surface area contributed by atoms with Crippen LogP contribution in [0, 0.1) is 5.82 Å². The molecule has 0 amide bonds. The summed E-state index contributed by atoms with van der Waals surface area (Å²) >= 11 is 0. The van der Waals surface area contributed by atoms with Crippen LogP contribution in [0.4, 0.5) is 10.1 Å². The number of hydrogen-bond donors (Lipinski definition) is 2. The number of aliphatic hydroxyl groups excluding tert-OH is 1. The zero-order valence-electron chi connectivity index (χ0n) is 9.62. The van der Waals surface area contributed by atoms with Crippen molar-refractivity contribution >= 4 is 5.69 Å². The molecule has 1 aromatic rings. The molecule has 16 heavy (non-hydrogen) atoms. The van der Waals surface area contributed by atoms with Gasteiger partial charge in [0.05, 0.1) is 12.3 Å². The molecule has 90 valence electrons. The van der Waals surface area contributed by atoms with Crippen LogP contribution in [0.3, 0.4) is 0 Å². The Morgan fingerprint density at radius 2 is 2.12 bits per heavy atom.